The highest BCUT2D eigenvalue weighted by atomic mass is 32.2. The molecule has 1 amide bonds. The summed E-state index contributed by atoms with van der Waals surface area (Å²) >= 11 is 0. The third kappa shape index (κ3) is 3.79. The molecule has 0 fully saturated rings. The van der Waals surface area contributed by atoms with Crippen LogP contribution in [-0.4, -0.2) is 54.9 Å². The number of rotatable bonds is 6. The number of amides is 1. The molecule has 1 rings (SSSR count). The fourth-order valence-electron chi connectivity index (χ4n) is 1.42. The minimum absolute atomic E-state index is 0.0904. The molecule has 20 heavy (non-hydrogen) atoms. The van der Waals surface area contributed by atoms with Gasteiger partial charge in [0.05, 0.1) is 12.2 Å². The second-order valence-electron chi connectivity index (χ2n) is 4.73. The number of aryl methyl sites for hydroxylation is 1. The minimum Gasteiger partial charge on any atom is -0.393 e. The Labute approximate surface area is 117 Å². The Morgan fingerprint density at radius 3 is 2.60 bits per heavy atom. The maximum atomic E-state index is 12.0. The van der Waals surface area contributed by atoms with Crippen LogP contribution >= 0.6 is 0 Å². The molecule has 1 aromatic heterocycles. The summed E-state index contributed by atoms with van der Waals surface area (Å²) < 4.78 is 27.6. The fraction of sp³-hybridized carbons (Fsp3) is 0.545. The minimum atomic E-state index is -3.87. The maximum Gasteiger partial charge on any atom is 0.267 e. The van der Waals surface area contributed by atoms with Gasteiger partial charge in [-0.1, -0.05) is 0 Å². The first kappa shape index (κ1) is 16.6. The molecule has 114 valence electrons. The van der Waals surface area contributed by atoms with Crippen molar-refractivity contribution in [3.8, 4) is 0 Å². The van der Waals surface area contributed by atoms with Crippen molar-refractivity contribution >= 4 is 15.9 Å². The lowest BCUT2D eigenvalue weighted by molar-refractivity contribution is 0.00681. The van der Waals surface area contributed by atoms with Crippen LogP contribution in [0.15, 0.2) is 17.2 Å². The first-order valence-corrected chi connectivity index (χ1v) is 7.32. The van der Waals surface area contributed by atoms with Crippen LogP contribution in [0.2, 0.25) is 0 Å². The number of hydrogen-bond donors (Lipinski definition) is 4. The second-order valence-corrected chi connectivity index (χ2v) is 6.50. The average Bonchev–Trinajstić information content (AvgIpc) is 2.79. The van der Waals surface area contributed by atoms with Crippen LogP contribution in [0, 0.1) is 0 Å². The number of carbonyl (C=O) groups is 1. The van der Waals surface area contributed by atoms with E-state index in [0.29, 0.717) is 0 Å². The SMILES string of the molecule is CNC(=O)c1cc(S(=O)(=O)NCC(C)(O)CO)cn1C. The van der Waals surface area contributed by atoms with Crippen molar-refractivity contribution in [2.45, 2.75) is 17.4 Å². The lowest BCUT2D eigenvalue weighted by Gasteiger charge is -2.20. The Hall–Kier alpha value is -1.42. The van der Waals surface area contributed by atoms with Crippen LogP contribution in [0.1, 0.15) is 17.4 Å². The molecule has 0 saturated carbocycles. The molecule has 9 heteroatoms. The van der Waals surface area contributed by atoms with Crippen molar-refractivity contribution < 1.29 is 23.4 Å². The molecule has 1 unspecified atom stereocenters. The Balaban J connectivity index is 2.97. The maximum absolute atomic E-state index is 12.0. The van der Waals surface area contributed by atoms with E-state index in [9.17, 15) is 18.3 Å². The van der Waals surface area contributed by atoms with E-state index in [-0.39, 0.29) is 17.1 Å². The molecular weight excluding hydrogens is 286 g/mol. The number of aliphatic hydroxyl groups is 2. The molecule has 4 N–H and O–H groups in total. The molecule has 0 aliphatic rings. The summed E-state index contributed by atoms with van der Waals surface area (Å²) in [6.07, 6.45) is 1.29. The number of carbonyl (C=O) groups excluding carboxylic acids is 1. The summed E-state index contributed by atoms with van der Waals surface area (Å²) in [4.78, 5) is 11.4. The van der Waals surface area contributed by atoms with Crippen molar-refractivity contribution in [3.05, 3.63) is 18.0 Å². The highest BCUT2D eigenvalue weighted by Crippen LogP contribution is 2.14. The molecule has 0 saturated heterocycles. The predicted molar refractivity (Wildman–Crippen MR) is 71.7 cm³/mol. The van der Waals surface area contributed by atoms with Gasteiger partial charge in [-0.25, -0.2) is 13.1 Å². The summed E-state index contributed by atoms with van der Waals surface area (Å²) in [6.45, 7) is 0.389. The molecule has 1 aromatic rings. The lowest BCUT2D eigenvalue weighted by atomic mass is 10.1. The molecule has 0 radical (unpaired) electrons. The van der Waals surface area contributed by atoms with Gasteiger partial charge in [-0.2, -0.15) is 0 Å². The fourth-order valence-corrected chi connectivity index (χ4v) is 2.66. The van der Waals surface area contributed by atoms with Gasteiger partial charge in [0.25, 0.3) is 5.91 Å². The molecule has 0 spiro atoms. The lowest BCUT2D eigenvalue weighted by Crippen LogP contribution is -2.43. The van der Waals surface area contributed by atoms with Crippen molar-refractivity contribution in [2.75, 3.05) is 20.2 Å². The Morgan fingerprint density at radius 1 is 1.50 bits per heavy atom. The van der Waals surface area contributed by atoms with Crippen LogP contribution in [0.3, 0.4) is 0 Å². The molecule has 0 aromatic carbocycles. The first-order chi connectivity index (χ1) is 9.13. The molecular formula is C11H19N3O5S. The molecule has 0 aliphatic heterocycles. The predicted octanol–water partition coefficient (Wildman–Crippen LogP) is -1.59. The summed E-state index contributed by atoms with van der Waals surface area (Å²) in [7, 11) is -0.875. The van der Waals surface area contributed by atoms with E-state index in [1.807, 2.05) is 0 Å². The van der Waals surface area contributed by atoms with E-state index in [1.165, 1.54) is 30.8 Å². The number of hydrogen-bond acceptors (Lipinski definition) is 5. The van der Waals surface area contributed by atoms with E-state index in [1.54, 1.807) is 7.05 Å². The van der Waals surface area contributed by atoms with Crippen molar-refractivity contribution in [1.29, 1.82) is 0 Å². The topological polar surface area (TPSA) is 121 Å². The van der Waals surface area contributed by atoms with Crippen molar-refractivity contribution in [2.24, 2.45) is 7.05 Å². The molecule has 8 nitrogen and oxygen atoms in total. The number of sulfonamides is 1. The highest BCUT2D eigenvalue weighted by molar-refractivity contribution is 7.89. The van der Waals surface area contributed by atoms with E-state index in [0.717, 1.165) is 0 Å². The van der Waals surface area contributed by atoms with E-state index in [4.69, 9.17) is 5.11 Å². The normalized spacial score (nSPS) is 14.8. The van der Waals surface area contributed by atoms with Crippen LogP contribution in [0.4, 0.5) is 0 Å². The van der Waals surface area contributed by atoms with E-state index >= 15 is 0 Å². The Morgan fingerprint density at radius 2 is 2.10 bits per heavy atom. The zero-order valence-corrected chi connectivity index (χ0v) is 12.4. The molecule has 0 bridgehead atoms. The van der Waals surface area contributed by atoms with Gasteiger partial charge in [-0.3, -0.25) is 4.79 Å². The quantitative estimate of drug-likeness (QED) is 0.505. The van der Waals surface area contributed by atoms with Gasteiger partial charge in [-0.15, -0.1) is 0 Å². The average molecular weight is 305 g/mol. The standard InChI is InChI=1S/C11H19N3O5S/c1-11(17,7-15)6-13-20(18,19)8-4-9(10(16)12-2)14(3)5-8/h4-5,13,15,17H,6-7H2,1-3H3,(H,12,16). The summed E-state index contributed by atoms with van der Waals surface area (Å²) in [5.74, 6) is -0.406. The Bertz CT molecular complexity index is 591. The molecule has 1 atom stereocenters. The van der Waals surface area contributed by atoms with Crippen LogP contribution in [-0.2, 0) is 17.1 Å². The van der Waals surface area contributed by atoms with Crippen molar-refractivity contribution in [1.82, 2.24) is 14.6 Å². The second kappa shape index (κ2) is 5.92. The Kier molecular flexibility index (Phi) is 4.92. The summed E-state index contributed by atoms with van der Waals surface area (Å²) in [6, 6.07) is 1.23. The van der Waals surface area contributed by atoms with E-state index < -0.39 is 28.1 Å². The number of aromatic nitrogens is 1. The highest BCUT2D eigenvalue weighted by Gasteiger charge is 2.25. The van der Waals surface area contributed by atoms with Gasteiger partial charge in [0.15, 0.2) is 0 Å². The van der Waals surface area contributed by atoms with Gasteiger partial charge in [0.2, 0.25) is 10.0 Å². The van der Waals surface area contributed by atoms with Gasteiger partial charge in [-0.05, 0) is 13.0 Å². The first-order valence-electron chi connectivity index (χ1n) is 5.84. The summed E-state index contributed by atoms with van der Waals surface area (Å²) in [5, 5.41) is 20.8. The van der Waals surface area contributed by atoms with Crippen LogP contribution in [0.25, 0.3) is 0 Å². The largest absolute Gasteiger partial charge is 0.393 e. The van der Waals surface area contributed by atoms with Gasteiger partial charge >= 0.3 is 0 Å². The third-order valence-corrected chi connectivity index (χ3v) is 4.10. The third-order valence-electron chi connectivity index (χ3n) is 2.73. The zero-order valence-electron chi connectivity index (χ0n) is 11.5. The monoisotopic (exact) mass is 305 g/mol. The number of nitrogens with zero attached hydrogens (tertiary/aromatic N) is 1. The van der Waals surface area contributed by atoms with Gasteiger partial charge in [0, 0.05) is 26.8 Å². The van der Waals surface area contributed by atoms with E-state index in [2.05, 4.69) is 10.0 Å². The van der Waals surface area contributed by atoms with Crippen LogP contribution in [0.5, 0.6) is 0 Å². The number of aliphatic hydroxyl groups excluding tert-OH is 1. The zero-order chi connectivity index (χ0) is 15.6. The van der Waals surface area contributed by atoms with Crippen molar-refractivity contribution in [3.63, 3.8) is 0 Å². The smallest absolute Gasteiger partial charge is 0.267 e. The van der Waals surface area contributed by atoms with Gasteiger partial charge in [0.1, 0.15) is 10.6 Å². The van der Waals surface area contributed by atoms with Crippen LogP contribution < -0.4 is 10.0 Å². The van der Waals surface area contributed by atoms with Gasteiger partial charge < -0.3 is 20.1 Å². The molecule has 0 aliphatic carbocycles. The molecule has 1 heterocycles. The number of nitrogens with one attached hydrogen (secondary N) is 2. The summed E-state index contributed by atoms with van der Waals surface area (Å²) in [5.41, 5.74) is -1.35.